The number of nitrogens with zero attached hydrogens (tertiary/aromatic N) is 1. The van der Waals surface area contributed by atoms with Crippen LogP contribution in [0.4, 0.5) is 0 Å². The number of hydrazone groups is 1. The minimum atomic E-state index is -0.315. The van der Waals surface area contributed by atoms with Crippen molar-refractivity contribution in [1.29, 1.82) is 0 Å². The van der Waals surface area contributed by atoms with Crippen molar-refractivity contribution in [2.24, 2.45) is 5.10 Å². The molecule has 0 radical (unpaired) electrons. The Morgan fingerprint density at radius 1 is 1.18 bits per heavy atom. The molecule has 1 N–H and O–H groups in total. The number of aryl methyl sites for hydroxylation is 2. The topological polar surface area (TPSA) is 50.7 Å². The smallest absolute Gasteiger partial charge is 0.277 e. The van der Waals surface area contributed by atoms with Gasteiger partial charge in [-0.25, -0.2) is 5.43 Å². The molecule has 2 aromatic carbocycles. The number of nitrogens with one attached hydrogen (secondary N) is 1. The van der Waals surface area contributed by atoms with Crippen molar-refractivity contribution >= 4 is 23.7 Å². The molecule has 0 spiro atoms. The van der Waals surface area contributed by atoms with Crippen LogP contribution in [0.1, 0.15) is 16.7 Å². The molecule has 5 heteroatoms. The third-order valence-corrected chi connectivity index (χ3v) is 3.09. The van der Waals surface area contributed by atoms with Gasteiger partial charge in [0.15, 0.2) is 6.61 Å². The molecule has 2 rings (SSSR count). The lowest BCUT2D eigenvalue weighted by molar-refractivity contribution is -0.123. The molecule has 0 atom stereocenters. The molecule has 0 heterocycles. The molecule has 0 saturated heterocycles. The van der Waals surface area contributed by atoms with Gasteiger partial charge in [0.25, 0.3) is 5.91 Å². The third kappa shape index (κ3) is 5.22. The van der Waals surface area contributed by atoms with Crippen LogP contribution in [-0.2, 0) is 4.79 Å². The summed E-state index contributed by atoms with van der Waals surface area (Å²) in [5, 5.41) is 4.53. The van der Waals surface area contributed by atoms with E-state index in [0.29, 0.717) is 10.8 Å². The van der Waals surface area contributed by atoms with Crippen LogP contribution in [0.5, 0.6) is 5.75 Å². The van der Waals surface area contributed by atoms with Gasteiger partial charge in [-0.05, 0) is 54.8 Å². The number of hydrogen-bond donors (Lipinski definition) is 1. The summed E-state index contributed by atoms with van der Waals surface area (Å²) < 4.78 is 5.44. The molecule has 114 valence electrons. The van der Waals surface area contributed by atoms with Gasteiger partial charge in [0.1, 0.15) is 5.75 Å². The van der Waals surface area contributed by atoms with Crippen LogP contribution in [0.3, 0.4) is 0 Å². The number of amides is 1. The van der Waals surface area contributed by atoms with Crippen LogP contribution < -0.4 is 10.2 Å². The van der Waals surface area contributed by atoms with Crippen LogP contribution >= 0.6 is 11.6 Å². The van der Waals surface area contributed by atoms with Crippen LogP contribution in [0.2, 0.25) is 5.02 Å². The summed E-state index contributed by atoms with van der Waals surface area (Å²) in [5.41, 5.74) is 5.45. The van der Waals surface area contributed by atoms with E-state index in [1.54, 1.807) is 18.3 Å². The second-order valence-electron chi connectivity index (χ2n) is 4.96. The summed E-state index contributed by atoms with van der Waals surface area (Å²) >= 11 is 5.79. The fourth-order valence-corrected chi connectivity index (χ4v) is 2.05. The third-order valence-electron chi connectivity index (χ3n) is 2.84. The van der Waals surface area contributed by atoms with Gasteiger partial charge in [0, 0.05) is 5.02 Å². The Bertz CT molecular complexity index is 661. The molecule has 0 aliphatic rings. The lowest BCUT2D eigenvalue weighted by Gasteiger charge is -2.07. The van der Waals surface area contributed by atoms with E-state index in [0.717, 1.165) is 16.7 Å². The molecular weight excluding hydrogens is 300 g/mol. The monoisotopic (exact) mass is 316 g/mol. The molecule has 0 aromatic heterocycles. The van der Waals surface area contributed by atoms with Gasteiger partial charge < -0.3 is 4.74 Å². The molecular formula is C17H17ClN2O2. The van der Waals surface area contributed by atoms with Crippen molar-refractivity contribution in [1.82, 2.24) is 5.43 Å². The zero-order chi connectivity index (χ0) is 15.9. The summed E-state index contributed by atoms with van der Waals surface area (Å²) in [7, 11) is 0. The quantitative estimate of drug-likeness (QED) is 0.678. The maximum absolute atomic E-state index is 11.7. The maximum atomic E-state index is 11.7. The highest BCUT2D eigenvalue weighted by Crippen LogP contribution is 2.15. The van der Waals surface area contributed by atoms with Crippen LogP contribution in [-0.4, -0.2) is 18.7 Å². The van der Waals surface area contributed by atoms with Gasteiger partial charge >= 0.3 is 0 Å². The molecule has 0 bridgehead atoms. The van der Waals surface area contributed by atoms with Crippen molar-refractivity contribution in [3.8, 4) is 5.75 Å². The van der Waals surface area contributed by atoms with Crippen molar-refractivity contribution in [2.45, 2.75) is 13.8 Å². The summed E-state index contributed by atoms with van der Waals surface area (Å²) in [6, 6.07) is 13.0. The molecule has 2 aromatic rings. The highest BCUT2D eigenvalue weighted by Gasteiger charge is 2.02. The molecule has 22 heavy (non-hydrogen) atoms. The molecule has 0 saturated carbocycles. The molecule has 0 aliphatic carbocycles. The van der Waals surface area contributed by atoms with Gasteiger partial charge in [-0.15, -0.1) is 0 Å². The predicted molar refractivity (Wildman–Crippen MR) is 88.6 cm³/mol. The van der Waals surface area contributed by atoms with E-state index in [1.807, 2.05) is 44.2 Å². The van der Waals surface area contributed by atoms with Gasteiger partial charge in [-0.2, -0.15) is 5.10 Å². The summed E-state index contributed by atoms with van der Waals surface area (Å²) in [4.78, 5) is 11.7. The Hall–Kier alpha value is -2.33. The van der Waals surface area contributed by atoms with E-state index < -0.39 is 0 Å². The second kappa shape index (κ2) is 7.61. The first-order valence-electron chi connectivity index (χ1n) is 6.81. The number of ether oxygens (including phenoxy) is 1. The normalized spacial score (nSPS) is 10.7. The Kier molecular flexibility index (Phi) is 5.55. The predicted octanol–water partition coefficient (Wildman–Crippen LogP) is 3.49. The fourth-order valence-electron chi connectivity index (χ4n) is 1.93. The van der Waals surface area contributed by atoms with Gasteiger partial charge in [-0.1, -0.05) is 29.8 Å². The number of carbonyl (C=O) groups is 1. The Balaban J connectivity index is 1.81. The molecule has 0 fully saturated rings. The van der Waals surface area contributed by atoms with Crippen LogP contribution in [0.15, 0.2) is 47.6 Å². The lowest BCUT2D eigenvalue weighted by Crippen LogP contribution is -2.24. The van der Waals surface area contributed by atoms with E-state index in [2.05, 4.69) is 10.5 Å². The fraction of sp³-hybridized carbons (Fsp3) is 0.176. The zero-order valence-corrected chi connectivity index (χ0v) is 13.2. The summed E-state index contributed by atoms with van der Waals surface area (Å²) in [6.07, 6.45) is 1.55. The summed E-state index contributed by atoms with van der Waals surface area (Å²) in [6.45, 7) is 3.88. The average Bonchev–Trinajstić information content (AvgIpc) is 2.46. The van der Waals surface area contributed by atoms with Crippen molar-refractivity contribution in [2.75, 3.05) is 6.61 Å². The molecule has 1 amide bonds. The van der Waals surface area contributed by atoms with Gasteiger partial charge in [0.2, 0.25) is 0 Å². The second-order valence-corrected chi connectivity index (χ2v) is 5.39. The van der Waals surface area contributed by atoms with E-state index >= 15 is 0 Å². The van der Waals surface area contributed by atoms with Gasteiger partial charge in [0.05, 0.1) is 6.21 Å². The van der Waals surface area contributed by atoms with Gasteiger partial charge in [-0.3, -0.25) is 4.79 Å². The lowest BCUT2D eigenvalue weighted by atomic mass is 10.1. The number of carbonyl (C=O) groups excluding carboxylic acids is 1. The average molecular weight is 317 g/mol. The maximum Gasteiger partial charge on any atom is 0.277 e. The Morgan fingerprint density at radius 2 is 1.82 bits per heavy atom. The van der Waals surface area contributed by atoms with Crippen LogP contribution in [0, 0.1) is 13.8 Å². The number of benzene rings is 2. The van der Waals surface area contributed by atoms with E-state index in [9.17, 15) is 4.79 Å². The highest BCUT2D eigenvalue weighted by molar-refractivity contribution is 6.30. The van der Waals surface area contributed by atoms with Crippen molar-refractivity contribution in [3.63, 3.8) is 0 Å². The number of halogens is 1. The minimum absolute atomic E-state index is 0.0825. The number of rotatable bonds is 5. The first-order chi connectivity index (χ1) is 10.5. The highest BCUT2D eigenvalue weighted by atomic mass is 35.5. The van der Waals surface area contributed by atoms with Crippen molar-refractivity contribution < 1.29 is 9.53 Å². The standard InChI is InChI=1S/C17H17ClN2O2/c1-12-7-13(2)9-16(8-12)22-11-17(21)20-19-10-14-3-5-15(18)6-4-14/h3-10H,11H2,1-2H3,(H,20,21)/b19-10+. The number of hydrogen-bond acceptors (Lipinski definition) is 3. The first kappa shape index (κ1) is 16.0. The Labute approximate surface area is 134 Å². The minimum Gasteiger partial charge on any atom is -0.484 e. The molecule has 4 nitrogen and oxygen atoms in total. The van der Waals surface area contributed by atoms with Crippen molar-refractivity contribution in [3.05, 3.63) is 64.2 Å². The Morgan fingerprint density at radius 3 is 2.45 bits per heavy atom. The van der Waals surface area contributed by atoms with Crippen LogP contribution in [0.25, 0.3) is 0 Å². The van der Waals surface area contributed by atoms with E-state index in [4.69, 9.17) is 16.3 Å². The molecule has 0 aliphatic heterocycles. The van der Waals surface area contributed by atoms with E-state index in [-0.39, 0.29) is 12.5 Å². The molecule has 0 unspecified atom stereocenters. The largest absolute Gasteiger partial charge is 0.484 e. The first-order valence-corrected chi connectivity index (χ1v) is 7.19. The zero-order valence-electron chi connectivity index (χ0n) is 12.5. The van der Waals surface area contributed by atoms with E-state index in [1.165, 1.54) is 0 Å². The SMILES string of the molecule is Cc1cc(C)cc(OCC(=O)N/N=C/c2ccc(Cl)cc2)c1. The summed E-state index contributed by atoms with van der Waals surface area (Å²) in [5.74, 6) is 0.360.